The van der Waals surface area contributed by atoms with Crippen molar-refractivity contribution in [2.45, 2.75) is 13.1 Å². The van der Waals surface area contributed by atoms with Crippen LogP contribution in [0.5, 0.6) is 0 Å². The molecule has 0 fully saturated rings. The lowest BCUT2D eigenvalue weighted by Crippen LogP contribution is -2.28. The van der Waals surface area contributed by atoms with Crippen LogP contribution in [0.1, 0.15) is 12.5 Å². The highest BCUT2D eigenvalue weighted by molar-refractivity contribution is 9.10. The molecule has 0 saturated carbocycles. The molecule has 0 N–H and O–H groups in total. The second kappa shape index (κ2) is 5.91. The maximum Gasteiger partial charge on any atom is 0.419 e. The van der Waals surface area contributed by atoms with Crippen molar-refractivity contribution in [2.75, 3.05) is 23.9 Å². The van der Waals surface area contributed by atoms with Crippen molar-refractivity contribution in [1.29, 1.82) is 0 Å². The van der Waals surface area contributed by atoms with E-state index in [4.69, 9.17) is 11.6 Å². The maximum atomic E-state index is 12.8. The second-order valence-electron chi connectivity index (χ2n) is 3.29. The Balaban J connectivity index is 3.22. The molecular weight excluding hydrogens is 320 g/mol. The molecule has 0 unspecified atom stereocenters. The van der Waals surface area contributed by atoms with E-state index >= 15 is 0 Å². The third-order valence-electron chi connectivity index (χ3n) is 2.17. The number of rotatable bonds is 4. The summed E-state index contributed by atoms with van der Waals surface area (Å²) >= 11 is 8.55. The monoisotopic (exact) mass is 330 g/mol. The van der Waals surface area contributed by atoms with Gasteiger partial charge in [-0.25, -0.2) is 4.98 Å². The molecule has 0 saturated heterocycles. The van der Waals surface area contributed by atoms with E-state index in [1.807, 2.05) is 0 Å². The molecule has 0 bridgehead atoms. The van der Waals surface area contributed by atoms with Gasteiger partial charge >= 0.3 is 6.18 Å². The SMILES string of the molecule is CCN(CCCl)c1ncc(Br)cc1C(F)(F)F. The highest BCUT2D eigenvalue weighted by Gasteiger charge is 2.35. The molecule has 0 aromatic carbocycles. The Morgan fingerprint density at radius 1 is 1.47 bits per heavy atom. The summed E-state index contributed by atoms with van der Waals surface area (Å²) in [4.78, 5) is 5.34. The van der Waals surface area contributed by atoms with Crippen molar-refractivity contribution in [1.82, 2.24) is 4.98 Å². The molecule has 1 rings (SSSR count). The van der Waals surface area contributed by atoms with Crippen LogP contribution in [0.15, 0.2) is 16.7 Å². The molecule has 1 heterocycles. The Morgan fingerprint density at radius 3 is 2.59 bits per heavy atom. The Hall–Kier alpha value is -0.490. The fourth-order valence-corrected chi connectivity index (χ4v) is 1.94. The quantitative estimate of drug-likeness (QED) is 0.777. The van der Waals surface area contributed by atoms with Crippen LogP contribution in [0, 0.1) is 0 Å². The average molecular weight is 332 g/mol. The summed E-state index contributed by atoms with van der Waals surface area (Å²) in [7, 11) is 0. The van der Waals surface area contributed by atoms with E-state index in [1.54, 1.807) is 6.92 Å². The van der Waals surface area contributed by atoms with Gasteiger partial charge in [-0.05, 0) is 28.9 Å². The molecule has 0 aliphatic carbocycles. The first kappa shape index (κ1) is 14.6. The smallest absolute Gasteiger partial charge is 0.355 e. The van der Waals surface area contributed by atoms with Gasteiger partial charge < -0.3 is 4.90 Å². The molecule has 7 heteroatoms. The second-order valence-corrected chi connectivity index (χ2v) is 4.58. The van der Waals surface area contributed by atoms with E-state index in [-0.39, 0.29) is 11.7 Å². The van der Waals surface area contributed by atoms with Gasteiger partial charge in [0.15, 0.2) is 0 Å². The van der Waals surface area contributed by atoms with Gasteiger partial charge in [0, 0.05) is 29.6 Å². The van der Waals surface area contributed by atoms with Gasteiger partial charge in [-0.1, -0.05) is 0 Å². The first-order chi connectivity index (χ1) is 7.90. The predicted molar refractivity (Wildman–Crippen MR) is 65.5 cm³/mol. The lowest BCUT2D eigenvalue weighted by molar-refractivity contribution is -0.137. The van der Waals surface area contributed by atoms with Gasteiger partial charge in [0.2, 0.25) is 0 Å². The third kappa shape index (κ3) is 3.74. The van der Waals surface area contributed by atoms with Crippen molar-refractivity contribution in [3.63, 3.8) is 0 Å². The Morgan fingerprint density at radius 2 is 2.12 bits per heavy atom. The van der Waals surface area contributed by atoms with E-state index in [0.29, 0.717) is 17.6 Å². The third-order valence-corrected chi connectivity index (χ3v) is 2.78. The molecule has 1 aromatic heterocycles. The van der Waals surface area contributed by atoms with Crippen LogP contribution >= 0.6 is 27.5 Å². The van der Waals surface area contributed by atoms with Crippen LogP contribution in [0.25, 0.3) is 0 Å². The van der Waals surface area contributed by atoms with Crippen molar-refractivity contribution in [3.05, 3.63) is 22.3 Å². The average Bonchev–Trinajstić information content (AvgIpc) is 2.25. The molecule has 0 atom stereocenters. The molecule has 0 aliphatic heterocycles. The fraction of sp³-hybridized carbons (Fsp3) is 0.500. The number of hydrogen-bond acceptors (Lipinski definition) is 2. The number of hydrogen-bond donors (Lipinski definition) is 0. The summed E-state index contributed by atoms with van der Waals surface area (Å²) < 4.78 is 38.8. The number of pyridine rings is 1. The summed E-state index contributed by atoms with van der Waals surface area (Å²) in [5, 5.41) is 0. The maximum absolute atomic E-state index is 12.8. The molecular formula is C10H11BrClF3N2. The van der Waals surface area contributed by atoms with Crippen LogP contribution in [0.2, 0.25) is 0 Å². The van der Waals surface area contributed by atoms with Gasteiger partial charge in [0.1, 0.15) is 5.82 Å². The molecule has 0 aliphatic rings. The minimum atomic E-state index is -4.42. The molecule has 0 radical (unpaired) electrons. The van der Waals surface area contributed by atoms with E-state index in [2.05, 4.69) is 20.9 Å². The molecule has 0 amide bonds. The van der Waals surface area contributed by atoms with Crippen LogP contribution in [-0.4, -0.2) is 24.0 Å². The van der Waals surface area contributed by atoms with Crippen molar-refractivity contribution in [3.8, 4) is 0 Å². The molecule has 2 nitrogen and oxygen atoms in total. The minimum absolute atomic E-state index is 0.0798. The van der Waals surface area contributed by atoms with Crippen molar-refractivity contribution in [2.24, 2.45) is 0 Å². The summed E-state index contributed by atoms with van der Waals surface area (Å²) in [6.45, 7) is 2.51. The highest BCUT2D eigenvalue weighted by atomic mass is 79.9. The summed E-state index contributed by atoms with van der Waals surface area (Å²) in [6, 6.07) is 1.03. The summed E-state index contributed by atoms with van der Waals surface area (Å²) in [5.41, 5.74) is -0.751. The molecule has 1 aromatic rings. The number of nitrogens with zero attached hydrogens (tertiary/aromatic N) is 2. The molecule has 17 heavy (non-hydrogen) atoms. The standard InChI is InChI=1S/C10H11BrClF3N2/c1-2-17(4-3-12)9-8(10(13,14)15)5-7(11)6-16-9/h5-6H,2-4H2,1H3. The van der Waals surface area contributed by atoms with Gasteiger partial charge in [0.25, 0.3) is 0 Å². The largest absolute Gasteiger partial charge is 0.419 e. The van der Waals surface area contributed by atoms with Crippen LogP contribution < -0.4 is 4.90 Å². The number of aromatic nitrogens is 1. The van der Waals surface area contributed by atoms with Crippen LogP contribution in [0.3, 0.4) is 0 Å². The lowest BCUT2D eigenvalue weighted by Gasteiger charge is -2.24. The predicted octanol–water partition coefficient (Wildman–Crippen LogP) is 3.93. The number of anilines is 1. The first-order valence-electron chi connectivity index (χ1n) is 4.93. The first-order valence-corrected chi connectivity index (χ1v) is 6.26. The van der Waals surface area contributed by atoms with E-state index in [1.165, 1.54) is 11.1 Å². The topological polar surface area (TPSA) is 16.1 Å². The fourth-order valence-electron chi connectivity index (χ4n) is 1.41. The zero-order valence-corrected chi connectivity index (χ0v) is 11.4. The molecule has 96 valence electrons. The Bertz CT molecular complexity index is 384. The zero-order chi connectivity index (χ0) is 13.1. The van der Waals surface area contributed by atoms with Gasteiger partial charge in [0.05, 0.1) is 5.56 Å². The van der Waals surface area contributed by atoms with E-state index in [0.717, 1.165) is 6.07 Å². The summed E-state index contributed by atoms with van der Waals surface area (Å²) in [5.74, 6) is 0.173. The highest BCUT2D eigenvalue weighted by Crippen LogP contribution is 2.36. The van der Waals surface area contributed by atoms with Crippen LogP contribution in [0.4, 0.5) is 19.0 Å². The van der Waals surface area contributed by atoms with Gasteiger partial charge in [-0.2, -0.15) is 13.2 Å². The lowest BCUT2D eigenvalue weighted by atomic mass is 10.2. The summed E-state index contributed by atoms with van der Waals surface area (Å²) in [6.07, 6.45) is -3.08. The van der Waals surface area contributed by atoms with Gasteiger partial charge in [-0.15, -0.1) is 11.6 Å². The zero-order valence-electron chi connectivity index (χ0n) is 9.06. The van der Waals surface area contributed by atoms with E-state index in [9.17, 15) is 13.2 Å². The normalized spacial score (nSPS) is 11.6. The van der Waals surface area contributed by atoms with Crippen LogP contribution in [-0.2, 0) is 6.18 Å². The van der Waals surface area contributed by atoms with Crippen molar-refractivity contribution < 1.29 is 13.2 Å². The number of halogens is 5. The van der Waals surface area contributed by atoms with E-state index < -0.39 is 11.7 Å². The Kier molecular flexibility index (Phi) is 5.06. The van der Waals surface area contributed by atoms with Gasteiger partial charge in [-0.3, -0.25) is 0 Å². The Labute approximate surface area is 111 Å². The number of alkyl halides is 4. The minimum Gasteiger partial charge on any atom is -0.355 e. The molecule has 0 spiro atoms. The van der Waals surface area contributed by atoms with Crippen molar-refractivity contribution >= 4 is 33.3 Å².